The highest BCUT2D eigenvalue weighted by Crippen LogP contribution is 2.37. The van der Waals surface area contributed by atoms with Crippen molar-refractivity contribution in [3.8, 4) is 0 Å². The summed E-state index contributed by atoms with van der Waals surface area (Å²) in [4.78, 5) is 12.5. The summed E-state index contributed by atoms with van der Waals surface area (Å²) in [5, 5.41) is 25.2. The van der Waals surface area contributed by atoms with Gasteiger partial charge in [-0.25, -0.2) is 20.0 Å². The van der Waals surface area contributed by atoms with Crippen molar-refractivity contribution in [2.45, 2.75) is 18.4 Å². The van der Waals surface area contributed by atoms with E-state index in [-0.39, 0.29) is 12.4 Å². The molecule has 1 fully saturated rings. The fourth-order valence-corrected chi connectivity index (χ4v) is 2.67. The van der Waals surface area contributed by atoms with Crippen molar-refractivity contribution < 1.29 is 14.9 Å². The first-order valence-corrected chi connectivity index (χ1v) is 6.36. The lowest BCUT2D eigenvalue weighted by Crippen LogP contribution is -2.34. The monoisotopic (exact) mass is 291 g/mol. The quantitative estimate of drug-likeness (QED) is 0.575. The number of nitrogen functional groups attached to an aromatic ring is 1. The van der Waals surface area contributed by atoms with Crippen molar-refractivity contribution >= 4 is 28.6 Å². The summed E-state index contributed by atoms with van der Waals surface area (Å²) in [6.07, 6.45) is -1.04. The Kier molecular flexibility index (Phi) is 2.43. The summed E-state index contributed by atoms with van der Waals surface area (Å²) in [5.74, 6) is 0.742. The maximum Gasteiger partial charge on any atom is 0.231 e. The van der Waals surface area contributed by atoms with Gasteiger partial charge in [-0.1, -0.05) is 0 Å². The predicted molar refractivity (Wildman–Crippen MR) is 72.6 cm³/mol. The number of aliphatic hydroxyl groups excluding tert-OH is 2. The molecular weight excluding hydrogens is 278 g/mol. The van der Waals surface area contributed by atoms with E-state index in [0.717, 1.165) is 0 Å². The predicted octanol–water partition coefficient (Wildman–Crippen LogP) is -1.54. The molecule has 10 heteroatoms. The molecule has 10 nitrogen and oxygen atoms in total. The fraction of sp³-hybridized carbons (Fsp3) is 0.455. The summed E-state index contributed by atoms with van der Waals surface area (Å²) in [7, 11) is 1.70. The van der Waals surface area contributed by atoms with E-state index < -0.39 is 18.4 Å². The van der Waals surface area contributed by atoms with Gasteiger partial charge in [-0.3, -0.25) is 4.57 Å². The minimum Gasteiger partial charge on any atom is -0.394 e. The van der Waals surface area contributed by atoms with Crippen molar-refractivity contribution in [2.24, 2.45) is 5.10 Å². The van der Waals surface area contributed by atoms with Crippen molar-refractivity contribution in [2.75, 3.05) is 24.4 Å². The zero-order valence-corrected chi connectivity index (χ0v) is 11.1. The molecule has 0 spiro atoms. The van der Waals surface area contributed by atoms with Gasteiger partial charge in [-0.2, -0.15) is 5.10 Å². The number of aliphatic hydroxyl groups is 2. The van der Waals surface area contributed by atoms with E-state index in [9.17, 15) is 10.2 Å². The van der Waals surface area contributed by atoms with Crippen LogP contribution in [0, 0.1) is 0 Å². The van der Waals surface area contributed by atoms with Crippen LogP contribution in [0.2, 0.25) is 0 Å². The van der Waals surface area contributed by atoms with Crippen molar-refractivity contribution in [3.63, 3.8) is 0 Å². The van der Waals surface area contributed by atoms with Gasteiger partial charge < -0.3 is 20.7 Å². The number of hydrogen-bond acceptors (Lipinski definition) is 9. The molecule has 0 radical (unpaired) electrons. The third-order valence-electron chi connectivity index (χ3n) is 3.67. The number of ether oxygens (including phenoxy) is 1. The lowest BCUT2D eigenvalue weighted by Gasteiger charge is -2.25. The fourth-order valence-electron chi connectivity index (χ4n) is 2.67. The Morgan fingerprint density at radius 2 is 2.24 bits per heavy atom. The largest absolute Gasteiger partial charge is 0.394 e. The lowest BCUT2D eigenvalue weighted by atomic mass is 10.1. The minimum absolute atomic E-state index is 0.258. The number of imidazole rings is 1. The number of hydrogen-bond donors (Lipinski definition) is 3. The Morgan fingerprint density at radius 3 is 3.00 bits per heavy atom. The number of aromatic nitrogens is 4. The molecule has 4 N–H and O–H groups in total. The molecule has 3 atom stereocenters. The molecule has 0 unspecified atom stereocenters. The second-order valence-electron chi connectivity index (χ2n) is 4.92. The molecule has 110 valence electrons. The molecule has 0 aromatic carbocycles. The summed E-state index contributed by atoms with van der Waals surface area (Å²) in [5.41, 5.74) is 7.16. The Labute approximate surface area is 118 Å². The van der Waals surface area contributed by atoms with Crippen LogP contribution in [0.25, 0.3) is 11.2 Å². The van der Waals surface area contributed by atoms with Gasteiger partial charge in [0.25, 0.3) is 0 Å². The average Bonchev–Trinajstić information content (AvgIpc) is 3.00. The van der Waals surface area contributed by atoms with Gasteiger partial charge in [-0.15, -0.1) is 0 Å². The molecule has 0 bridgehead atoms. The molecule has 0 aliphatic carbocycles. The maximum atomic E-state index is 10.2. The molecule has 2 aliphatic heterocycles. The Morgan fingerprint density at radius 1 is 1.43 bits per heavy atom. The summed E-state index contributed by atoms with van der Waals surface area (Å²) >= 11 is 0. The Hall–Kier alpha value is -2.30. The van der Waals surface area contributed by atoms with E-state index in [4.69, 9.17) is 10.5 Å². The van der Waals surface area contributed by atoms with Crippen LogP contribution in [0.3, 0.4) is 0 Å². The van der Waals surface area contributed by atoms with Gasteiger partial charge in [0.15, 0.2) is 23.2 Å². The smallest absolute Gasteiger partial charge is 0.231 e. The zero-order valence-electron chi connectivity index (χ0n) is 11.1. The van der Waals surface area contributed by atoms with E-state index in [1.165, 1.54) is 11.3 Å². The third-order valence-corrected chi connectivity index (χ3v) is 3.67. The lowest BCUT2D eigenvalue weighted by molar-refractivity contribution is -0.0414. The second-order valence-corrected chi connectivity index (χ2v) is 4.92. The van der Waals surface area contributed by atoms with Crippen LogP contribution in [0.15, 0.2) is 11.4 Å². The van der Waals surface area contributed by atoms with Crippen LogP contribution >= 0.6 is 0 Å². The van der Waals surface area contributed by atoms with Crippen molar-refractivity contribution in [1.29, 1.82) is 0 Å². The first kappa shape index (κ1) is 12.4. The number of hydrazone groups is 1. The highest BCUT2D eigenvalue weighted by molar-refractivity contribution is 5.97. The van der Waals surface area contributed by atoms with E-state index in [0.29, 0.717) is 22.8 Å². The normalized spacial score (nSPS) is 27.7. The van der Waals surface area contributed by atoms with Crippen LogP contribution in [0.1, 0.15) is 6.23 Å². The van der Waals surface area contributed by atoms with E-state index >= 15 is 0 Å². The topological polar surface area (TPSA) is 135 Å². The number of rotatable bonds is 1. The van der Waals surface area contributed by atoms with Crippen LogP contribution < -0.4 is 10.7 Å². The van der Waals surface area contributed by atoms with Crippen molar-refractivity contribution in [3.05, 3.63) is 6.33 Å². The molecule has 0 amide bonds. The number of nitrogens with two attached hydrogens (primary N) is 1. The van der Waals surface area contributed by atoms with E-state index in [1.807, 2.05) is 0 Å². The molecule has 2 aromatic heterocycles. The number of fused-ring (bicyclic) bond motifs is 5. The second kappa shape index (κ2) is 4.10. The summed E-state index contributed by atoms with van der Waals surface area (Å²) in [6, 6.07) is 0. The first-order chi connectivity index (χ1) is 10.1. The van der Waals surface area contributed by atoms with Crippen molar-refractivity contribution in [1.82, 2.24) is 19.5 Å². The highest BCUT2D eigenvalue weighted by Gasteiger charge is 2.46. The van der Waals surface area contributed by atoms with Gasteiger partial charge in [0.2, 0.25) is 5.95 Å². The molecule has 0 saturated carbocycles. The van der Waals surface area contributed by atoms with Gasteiger partial charge in [-0.05, 0) is 0 Å². The van der Waals surface area contributed by atoms with Crippen LogP contribution in [-0.2, 0) is 4.74 Å². The molecule has 1 saturated heterocycles. The molecule has 4 rings (SSSR count). The molecule has 21 heavy (non-hydrogen) atoms. The number of anilines is 2. The first-order valence-electron chi connectivity index (χ1n) is 6.36. The molecule has 4 heterocycles. The van der Waals surface area contributed by atoms with Gasteiger partial charge in [0.1, 0.15) is 24.2 Å². The maximum absolute atomic E-state index is 10.2. The standard InChI is InChI=1S/C11H13N7O3/c1-17-11-15-6-8(12)13-3-14-9(6)18(11)10-5(16-17)7(20)4(2-19)21-10/h3-4,7,10,19-20H,2H2,1H3,(H2,12,13,14)/t4-,7-,10-/m1/s1. The molecule has 2 aromatic rings. The Bertz CT molecular complexity index is 758. The minimum atomic E-state index is -0.979. The summed E-state index contributed by atoms with van der Waals surface area (Å²) < 4.78 is 7.36. The molecule has 2 aliphatic rings. The SMILES string of the molecule is CN1N=C2[C@@H](O[C@H](CO)[C@H]2O)n2c1nc1c(N)ncnc12. The van der Waals surface area contributed by atoms with E-state index in [2.05, 4.69) is 20.1 Å². The van der Waals surface area contributed by atoms with Gasteiger partial charge in [0.05, 0.1) is 6.61 Å². The highest BCUT2D eigenvalue weighted by atomic mass is 16.5. The van der Waals surface area contributed by atoms with Crippen LogP contribution in [0.5, 0.6) is 0 Å². The van der Waals surface area contributed by atoms with Crippen LogP contribution in [0.4, 0.5) is 11.8 Å². The third kappa shape index (κ3) is 1.51. The summed E-state index contributed by atoms with van der Waals surface area (Å²) in [6.45, 7) is -0.306. The van der Waals surface area contributed by atoms with Gasteiger partial charge in [0, 0.05) is 7.05 Å². The average molecular weight is 291 g/mol. The number of nitrogens with zero attached hydrogens (tertiary/aromatic N) is 6. The molecular formula is C11H13N7O3. The zero-order chi connectivity index (χ0) is 14.7. The van der Waals surface area contributed by atoms with E-state index in [1.54, 1.807) is 11.6 Å². The Balaban J connectivity index is 1.95. The van der Waals surface area contributed by atoms with Gasteiger partial charge >= 0.3 is 0 Å². The van der Waals surface area contributed by atoms with Crippen LogP contribution in [-0.4, -0.2) is 61.3 Å².